The number of hydrogen-bond donors (Lipinski definition) is 3. The lowest BCUT2D eigenvalue weighted by molar-refractivity contribution is -0.170. The predicted octanol–water partition coefficient (Wildman–Crippen LogP) is 12.1. The number of benzene rings is 8. The SMILES string of the molecule is Cc1ccc(C(O)(c2ccc(C)cc2)[C@H](c2cccc3ccccc23)N(C(=O)C2(C(N)=O)CCCCC2)[C@@H](c2cccc3ccccc23)C(O)(c2ccc(C)cc2)c2ccc(C)cc2)cc1. The second-order valence-corrected chi connectivity index (χ2v) is 18.7. The van der Waals surface area contributed by atoms with Crippen molar-refractivity contribution in [1.82, 2.24) is 4.90 Å². The maximum absolute atomic E-state index is 17.2. The summed E-state index contributed by atoms with van der Waals surface area (Å²) in [5.74, 6) is -1.25. The van der Waals surface area contributed by atoms with Crippen molar-refractivity contribution in [3.63, 3.8) is 0 Å². The van der Waals surface area contributed by atoms with E-state index < -0.39 is 40.5 Å². The molecule has 9 rings (SSSR count). The molecule has 1 aliphatic carbocycles. The van der Waals surface area contributed by atoms with Gasteiger partial charge in [0.2, 0.25) is 11.8 Å². The lowest BCUT2D eigenvalue weighted by atomic mass is 9.67. The molecule has 2 atom stereocenters. The van der Waals surface area contributed by atoms with Crippen LogP contribution in [0, 0.1) is 33.1 Å². The van der Waals surface area contributed by atoms with Crippen LogP contribution >= 0.6 is 0 Å². The Bertz CT molecular complexity index is 2740. The van der Waals surface area contributed by atoms with Gasteiger partial charge in [-0.05, 0) is 95.5 Å². The zero-order valence-electron chi connectivity index (χ0n) is 38.2. The number of rotatable bonds is 12. The van der Waals surface area contributed by atoms with E-state index >= 15 is 4.79 Å². The molecule has 6 nitrogen and oxygen atoms in total. The fourth-order valence-corrected chi connectivity index (χ4v) is 10.7. The summed E-state index contributed by atoms with van der Waals surface area (Å²) < 4.78 is 0. The number of carbonyl (C=O) groups excluding carboxylic acids is 2. The zero-order chi connectivity index (χ0) is 46.2. The summed E-state index contributed by atoms with van der Waals surface area (Å²) in [4.78, 5) is 33.5. The molecule has 332 valence electrons. The number of nitrogens with zero attached hydrogens (tertiary/aromatic N) is 1. The van der Waals surface area contributed by atoms with E-state index in [2.05, 4.69) is 0 Å². The lowest BCUT2D eigenvalue weighted by Gasteiger charge is -2.54. The van der Waals surface area contributed by atoms with Gasteiger partial charge in [0.05, 0.1) is 12.1 Å². The number of primary amides is 1. The Morgan fingerprint density at radius 3 is 1.12 bits per heavy atom. The Morgan fingerprint density at radius 2 is 0.788 bits per heavy atom. The third-order valence-electron chi connectivity index (χ3n) is 14.4. The Balaban J connectivity index is 1.53. The largest absolute Gasteiger partial charge is 0.378 e. The Labute approximate surface area is 388 Å². The molecule has 1 fully saturated rings. The van der Waals surface area contributed by atoms with Gasteiger partial charge in [0.15, 0.2) is 0 Å². The molecule has 0 heterocycles. The van der Waals surface area contributed by atoms with Crippen LogP contribution in [0.1, 0.15) is 99.8 Å². The first-order valence-electron chi connectivity index (χ1n) is 23.2. The van der Waals surface area contributed by atoms with Crippen molar-refractivity contribution in [3.8, 4) is 0 Å². The van der Waals surface area contributed by atoms with Crippen molar-refractivity contribution in [2.24, 2.45) is 11.1 Å². The maximum atomic E-state index is 17.2. The molecule has 0 aromatic heterocycles. The molecule has 8 aromatic carbocycles. The van der Waals surface area contributed by atoms with Crippen LogP contribution in [0.3, 0.4) is 0 Å². The average Bonchev–Trinajstić information content (AvgIpc) is 3.34. The summed E-state index contributed by atoms with van der Waals surface area (Å²) >= 11 is 0. The van der Waals surface area contributed by atoms with Crippen molar-refractivity contribution >= 4 is 33.4 Å². The molecule has 4 N–H and O–H groups in total. The van der Waals surface area contributed by atoms with E-state index in [-0.39, 0.29) is 12.8 Å². The molecule has 2 amide bonds. The quantitative estimate of drug-likeness (QED) is 0.106. The number of amides is 2. The molecule has 66 heavy (non-hydrogen) atoms. The smallest absolute Gasteiger partial charge is 0.239 e. The van der Waals surface area contributed by atoms with Gasteiger partial charge >= 0.3 is 0 Å². The van der Waals surface area contributed by atoms with Gasteiger partial charge < -0.3 is 20.8 Å². The van der Waals surface area contributed by atoms with Gasteiger partial charge in [0.25, 0.3) is 0 Å². The number of carbonyl (C=O) groups is 2. The minimum absolute atomic E-state index is 0.225. The van der Waals surface area contributed by atoms with Gasteiger partial charge in [-0.15, -0.1) is 0 Å². The average molecular weight is 871 g/mol. The van der Waals surface area contributed by atoms with Gasteiger partial charge in [-0.1, -0.05) is 224 Å². The monoisotopic (exact) mass is 870 g/mol. The van der Waals surface area contributed by atoms with E-state index in [4.69, 9.17) is 5.73 Å². The normalized spacial score (nSPS) is 15.0. The van der Waals surface area contributed by atoms with Crippen molar-refractivity contribution in [2.75, 3.05) is 0 Å². The van der Waals surface area contributed by atoms with Gasteiger partial charge in [-0.25, -0.2) is 0 Å². The molecule has 0 radical (unpaired) electrons. The Kier molecular flexibility index (Phi) is 12.0. The molecule has 1 saturated carbocycles. The van der Waals surface area contributed by atoms with Gasteiger partial charge in [-0.2, -0.15) is 0 Å². The maximum Gasteiger partial charge on any atom is 0.239 e. The first-order chi connectivity index (χ1) is 31.9. The number of aryl methyl sites for hydroxylation is 4. The van der Waals surface area contributed by atoms with Crippen molar-refractivity contribution < 1.29 is 19.8 Å². The van der Waals surface area contributed by atoms with Crippen molar-refractivity contribution in [3.05, 3.63) is 238 Å². The number of hydrogen-bond acceptors (Lipinski definition) is 4. The molecule has 1 aliphatic rings. The van der Waals surface area contributed by atoms with E-state index in [1.165, 1.54) is 0 Å². The molecule has 8 aromatic rings. The van der Waals surface area contributed by atoms with Crippen LogP contribution in [-0.2, 0) is 20.8 Å². The summed E-state index contributed by atoms with van der Waals surface area (Å²) in [5, 5.41) is 32.9. The van der Waals surface area contributed by atoms with Gasteiger partial charge in [-0.3, -0.25) is 9.59 Å². The van der Waals surface area contributed by atoms with E-state index in [0.717, 1.165) is 50.2 Å². The van der Waals surface area contributed by atoms with Crippen LogP contribution in [0.25, 0.3) is 21.5 Å². The topological polar surface area (TPSA) is 104 Å². The molecule has 0 saturated heterocycles. The number of nitrogens with two attached hydrogens (primary N) is 1. The molecular formula is C60H58N2O4. The van der Waals surface area contributed by atoms with Crippen LogP contribution in [0.4, 0.5) is 0 Å². The van der Waals surface area contributed by atoms with E-state index in [1.807, 2.05) is 210 Å². The Morgan fingerprint density at radius 1 is 0.470 bits per heavy atom. The summed E-state index contributed by atoms with van der Waals surface area (Å²) in [5.41, 5.74) is 8.33. The third-order valence-corrected chi connectivity index (χ3v) is 14.4. The number of fused-ring (bicyclic) bond motifs is 2. The molecule has 6 heteroatoms. The number of aliphatic hydroxyl groups is 2. The van der Waals surface area contributed by atoms with E-state index in [1.54, 1.807) is 4.90 Å². The molecule has 0 bridgehead atoms. The first-order valence-corrected chi connectivity index (χ1v) is 23.2. The molecule has 0 spiro atoms. The highest BCUT2D eigenvalue weighted by atomic mass is 16.3. The van der Waals surface area contributed by atoms with E-state index in [0.29, 0.717) is 46.2 Å². The second kappa shape index (κ2) is 17.8. The molecule has 0 unspecified atom stereocenters. The van der Waals surface area contributed by atoms with Crippen LogP contribution in [0.2, 0.25) is 0 Å². The van der Waals surface area contributed by atoms with E-state index in [9.17, 15) is 15.0 Å². The van der Waals surface area contributed by atoms with Gasteiger partial charge in [0.1, 0.15) is 16.6 Å². The van der Waals surface area contributed by atoms with Crippen molar-refractivity contribution in [2.45, 2.75) is 83.1 Å². The highest BCUT2D eigenvalue weighted by molar-refractivity contribution is 6.05. The summed E-state index contributed by atoms with van der Waals surface area (Å²) in [6, 6.07) is 56.6. The summed E-state index contributed by atoms with van der Waals surface area (Å²) in [6.07, 6.45) is 2.52. The van der Waals surface area contributed by atoms with Crippen LogP contribution in [0.15, 0.2) is 182 Å². The van der Waals surface area contributed by atoms with Gasteiger partial charge in [0, 0.05) is 0 Å². The lowest BCUT2D eigenvalue weighted by Crippen LogP contribution is -2.60. The Hall–Kier alpha value is -6.86. The predicted molar refractivity (Wildman–Crippen MR) is 266 cm³/mol. The molecule has 0 aliphatic heterocycles. The van der Waals surface area contributed by atoms with Crippen LogP contribution in [-0.4, -0.2) is 26.9 Å². The standard InChI is InChI=1S/C60H58N2O4/c1-40-22-30-46(31-23-40)59(65,47-32-24-41(2)25-33-47)54(52-20-12-16-44-14-6-8-18-50(44)52)62(57(64)58(56(61)63)38-10-5-11-39-58)55(53-21-13-17-45-15-7-9-19-51(45)53)60(66,48-34-26-42(3)27-35-48)49-36-28-43(4)29-37-49/h6-9,12-37,54-55,65-66H,5,10-11,38-39H2,1-4H3,(H2,61,63)/t54-,55-/m0/s1. The van der Waals surface area contributed by atoms with Crippen LogP contribution < -0.4 is 5.73 Å². The minimum atomic E-state index is -2.01. The second-order valence-electron chi connectivity index (χ2n) is 18.7. The van der Waals surface area contributed by atoms with Crippen LogP contribution in [0.5, 0.6) is 0 Å². The zero-order valence-corrected chi connectivity index (χ0v) is 38.2. The first kappa shape index (κ1) is 44.3. The van der Waals surface area contributed by atoms with Crippen molar-refractivity contribution in [1.29, 1.82) is 0 Å². The highest BCUT2D eigenvalue weighted by Crippen LogP contribution is 2.57. The molecular weight excluding hydrogens is 813 g/mol. The highest BCUT2D eigenvalue weighted by Gasteiger charge is 2.59. The fraction of sp³-hybridized carbons (Fsp3) is 0.233. The third kappa shape index (κ3) is 7.68. The summed E-state index contributed by atoms with van der Waals surface area (Å²) in [6.45, 7) is 8.02. The fourth-order valence-electron chi connectivity index (χ4n) is 10.7. The minimum Gasteiger partial charge on any atom is -0.378 e. The summed E-state index contributed by atoms with van der Waals surface area (Å²) in [7, 11) is 0.